The summed E-state index contributed by atoms with van der Waals surface area (Å²) in [6, 6.07) is 12.8. The third-order valence-electron chi connectivity index (χ3n) is 4.12. The Morgan fingerprint density at radius 2 is 1.78 bits per heavy atom. The van der Waals surface area contributed by atoms with Gasteiger partial charge in [-0.05, 0) is 48.5 Å². The van der Waals surface area contributed by atoms with E-state index in [9.17, 15) is 18.3 Å². The highest BCUT2D eigenvalue weighted by Gasteiger charge is 2.46. The molecular formula is C18H17ClN2O5S. The Bertz CT molecular complexity index is 1000. The number of sulfone groups is 1. The summed E-state index contributed by atoms with van der Waals surface area (Å²) < 4.78 is 28.0. The van der Waals surface area contributed by atoms with E-state index in [0.717, 1.165) is 6.26 Å². The molecule has 0 saturated heterocycles. The number of esters is 1. The predicted molar refractivity (Wildman–Crippen MR) is 102 cm³/mol. The monoisotopic (exact) mass is 408 g/mol. The van der Waals surface area contributed by atoms with E-state index >= 15 is 0 Å². The summed E-state index contributed by atoms with van der Waals surface area (Å²) in [5.41, 5.74) is -0.874. The summed E-state index contributed by atoms with van der Waals surface area (Å²) in [6.07, 6.45) is 1.12. The van der Waals surface area contributed by atoms with Crippen LogP contribution in [0.25, 0.3) is 0 Å². The summed E-state index contributed by atoms with van der Waals surface area (Å²) in [7, 11) is -2.18. The van der Waals surface area contributed by atoms with E-state index in [2.05, 4.69) is 9.73 Å². The second-order valence-electron chi connectivity index (χ2n) is 6.10. The molecule has 27 heavy (non-hydrogen) atoms. The van der Waals surface area contributed by atoms with E-state index in [1.807, 2.05) is 0 Å². The molecule has 9 heteroatoms. The molecule has 0 saturated carbocycles. The zero-order valence-electron chi connectivity index (χ0n) is 14.6. The van der Waals surface area contributed by atoms with Crippen LogP contribution in [0.2, 0.25) is 5.02 Å². The zero-order chi connectivity index (χ0) is 19.8. The highest BCUT2D eigenvalue weighted by Crippen LogP contribution is 2.30. The van der Waals surface area contributed by atoms with Crippen LogP contribution in [0.3, 0.4) is 0 Å². The van der Waals surface area contributed by atoms with Crippen molar-refractivity contribution in [2.24, 2.45) is 4.99 Å². The minimum atomic E-state index is -3.35. The van der Waals surface area contributed by atoms with Crippen LogP contribution in [0, 0.1) is 0 Å². The molecule has 2 aromatic rings. The van der Waals surface area contributed by atoms with E-state index in [1.165, 1.54) is 19.2 Å². The van der Waals surface area contributed by atoms with Gasteiger partial charge in [0.2, 0.25) is 0 Å². The fourth-order valence-corrected chi connectivity index (χ4v) is 3.50. The average Bonchev–Trinajstić information content (AvgIpc) is 3.00. The Kier molecular flexibility index (Phi) is 4.98. The molecule has 1 aliphatic rings. The number of carbonyl (C=O) groups is 1. The van der Waals surface area contributed by atoms with E-state index in [-0.39, 0.29) is 11.4 Å². The molecule has 0 amide bonds. The Morgan fingerprint density at radius 1 is 1.19 bits per heavy atom. The molecule has 1 aliphatic heterocycles. The van der Waals surface area contributed by atoms with Crippen LogP contribution in [0.1, 0.15) is 5.56 Å². The molecule has 0 fully saturated rings. The predicted octanol–water partition coefficient (Wildman–Crippen LogP) is 1.87. The number of methoxy groups -OCH3 is 1. The first kappa shape index (κ1) is 19.3. The Morgan fingerprint density at radius 3 is 2.30 bits per heavy atom. The van der Waals surface area contributed by atoms with Crippen LogP contribution >= 0.6 is 11.6 Å². The number of benzene rings is 2. The van der Waals surface area contributed by atoms with Gasteiger partial charge in [-0.15, -0.1) is 0 Å². The number of aliphatic hydroxyl groups is 1. The van der Waals surface area contributed by atoms with Crippen molar-refractivity contribution in [3.63, 3.8) is 0 Å². The first-order chi connectivity index (χ1) is 12.6. The fraction of sp³-hybridized carbons (Fsp3) is 0.222. The van der Waals surface area contributed by atoms with Crippen molar-refractivity contribution in [2.75, 3.05) is 24.8 Å². The van der Waals surface area contributed by atoms with Crippen molar-refractivity contribution in [1.82, 2.24) is 0 Å². The SMILES string of the molecule is COC(=O)C1(O)CN(c2ccc(Cl)cc2)C(c2ccc(S(C)(=O)=O)cc2)=N1. The lowest BCUT2D eigenvalue weighted by atomic mass is 10.1. The lowest BCUT2D eigenvalue weighted by Gasteiger charge is -2.23. The Labute approximate surface area is 161 Å². The number of β-amino-alcohol motifs (C(OH)–C–C–N with tert-alkyl or cyclic N) is 1. The molecule has 0 radical (unpaired) electrons. The zero-order valence-corrected chi connectivity index (χ0v) is 16.2. The van der Waals surface area contributed by atoms with E-state index in [4.69, 9.17) is 11.6 Å². The van der Waals surface area contributed by atoms with E-state index in [0.29, 0.717) is 22.1 Å². The second-order valence-corrected chi connectivity index (χ2v) is 8.55. The van der Waals surface area contributed by atoms with Gasteiger partial charge in [0.05, 0.1) is 18.6 Å². The van der Waals surface area contributed by atoms with Crippen LogP contribution in [-0.4, -0.2) is 51.0 Å². The summed E-state index contributed by atoms with van der Waals surface area (Å²) in [4.78, 5) is 18.0. The number of rotatable bonds is 4. The molecule has 7 nitrogen and oxygen atoms in total. The third-order valence-corrected chi connectivity index (χ3v) is 5.50. The van der Waals surface area contributed by atoms with Gasteiger partial charge >= 0.3 is 5.97 Å². The topological polar surface area (TPSA) is 96.3 Å². The summed E-state index contributed by atoms with van der Waals surface area (Å²) in [5, 5.41) is 11.2. The number of carbonyl (C=O) groups excluding carboxylic acids is 1. The van der Waals surface area contributed by atoms with Crippen molar-refractivity contribution in [3.8, 4) is 0 Å². The molecule has 3 rings (SSSR count). The number of anilines is 1. The van der Waals surface area contributed by atoms with Crippen molar-refractivity contribution < 1.29 is 23.1 Å². The number of hydrogen-bond donors (Lipinski definition) is 1. The lowest BCUT2D eigenvalue weighted by molar-refractivity contribution is -0.159. The average molecular weight is 409 g/mol. The van der Waals surface area contributed by atoms with Gasteiger partial charge in [0.15, 0.2) is 9.84 Å². The normalized spacial score (nSPS) is 19.7. The number of aliphatic imine (C=N–C) groups is 1. The molecule has 0 aliphatic carbocycles. The summed E-state index contributed by atoms with van der Waals surface area (Å²) >= 11 is 5.93. The maximum atomic E-state index is 12.0. The number of nitrogens with zero attached hydrogens (tertiary/aromatic N) is 2. The maximum Gasteiger partial charge on any atom is 0.363 e. The van der Waals surface area contributed by atoms with Crippen LogP contribution in [-0.2, 0) is 19.4 Å². The largest absolute Gasteiger partial charge is 0.465 e. The molecule has 1 atom stereocenters. The van der Waals surface area contributed by atoms with Crippen LogP contribution in [0.5, 0.6) is 0 Å². The standard InChI is InChI=1S/C18H17ClN2O5S/c1-26-17(22)18(23)11-21(14-7-5-13(19)6-8-14)16(20-18)12-3-9-15(10-4-12)27(2,24)25/h3-10,23H,11H2,1-2H3. The van der Waals surface area contributed by atoms with E-state index in [1.54, 1.807) is 41.3 Å². The quantitative estimate of drug-likeness (QED) is 0.776. The first-order valence-corrected chi connectivity index (χ1v) is 10.2. The molecule has 0 aromatic heterocycles. The van der Waals surface area contributed by atoms with Crippen LogP contribution in [0.15, 0.2) is 58.4 Å². The molecule has 142 valence electrons. The number of halogens is 1. The molecular weight excluding hydrogens is 392 g/mol. The van der Waals surface area contributed by atoms with Crippen molar-refractivity contribution in [3.05, 3.63) is 59.1 Å². The number of ether oxygens (including phenoxy) is 1. The van der Waals surface area contributed by atoms with Crippen molar-refractivity contribution >= 4 is 38.9 Å². The van der Waals surface area contributed by atoms with Crippen LogP contribution in [0.4, 0.5) is 5.69 Å². The Balaban J connectivity index is 2.07. The number of hydrogen-bond acceptors (Lipinski definition) is 7. The highest BCUT2D eigenvalue weighted by molar-refractivity contribution is 7.90. The van der Waals surface area contributed by atoms with Gasteiger partial charge < -0.3 is 14.7 Å². The van der Waals surface area contributed by atoms with Gasteiger partial charge in [-0.1, -0.05) is 11.6 Å². The molecule has 1 heterocycles. The van der Waals surface area contributed by atoms with Gasteiger partial charge in [0.1, 0.15) is 5.84 Å². The second kappa shape index (κ2) is 6.95. The molecule has 0 spiro atoms. The molecule has 2 aromatic carbocycles. The van der Waals surface area contributed by atoms with E-state index < -0.39 is 21.5 Å². The van der Waals surface area contributed by atoms with Gasteiger partial charge in [-0.25, -0.2) is 18.2 Å². The third kappa shape index (κ3) is 3.83. The van der Waals surface area contributed by atoms with Gasteiger partial charge in [-0.2, -0.15) is 0 Å². The van der Waals surface area contributed by atoms with Crippen LogP contribution < -0.4 is 4.90 Å². The fourth-order valence-electron chi connectivity index (χ4n) is 2.75. The molecule has 0 bridgehead atoms. The molecule has 1 unspecified atom stereocenters. The molecule has 1 N–H and O–H groups in total. The first-order valence-electron chi connectivity index (χ1n) is 7.88. The summed E-state index contributed by atoms with van der Waals surface area (Å²) in [6.45, 7) is -0.148. The minimum Gasteiger partial charge on any atom is -0.465 e. The lowest BCUT2D eigenvalue weighted by Crippen LogP contribution is -2.43. The van der Waals surface area contributed by atoms with Crippen molar-refractivity contribution in [2.45, 2.75) is 10.6 Å². The maximum absolute atomic E-state index is 12.0. The summed E-state index contributed by atoms with van der Waals surface area (Å²) in [5.74, 6) is -0.575. The van der Waals surface area contributed by atoms with Gasteiger partial charge in [0.25, 0.3) is 5.72 Å². The van der Waals surface area contributed by atoms with Crippen molar-refractivity contribution in [1.29, 1.82) is 0 Å². The van der Waals surface area contributed by atoms with Gasteiger partial charge in [0, 0.05) is 22.5 Å². The minimum absolute atomic E-state index is 0.148. The Hall–Kier alpha value is -2.42. The highest BCUT2D eigenvalue weighted by atomic mass is 35.5. The van der Waals surface area contributed by atoms with Gasteiger partial charge in [-0.3, -0.25) is 0 Å². The number of amidine groups is 1. The smallest absolute Gasteiger partial charge is 0.363 e.